The van der Waals surface area contributed by atoms with Gasteiger partial charge in [-0.05, 0) is 62.5 Å². The number of piperazine rings is 1. The molecule has 0 saturated carbocycles. The lowest BCUT2D eigenvalue weighted by Gasteiger charge is -2.34. The highest BCUT2D eigenvalue weighted by Crippen LogP contribution is 2.26. The van der Waals surface area contributed by atoms with E-state index in [1.165, 1.54) is 12.1 Å². The Morgan fingerprint density at radius 1 is 0.857 bits per heavy atom. The molecular weight excluding hydrogens is 441 g/mol. The second-order valence-electron chi connectivity index (χ2n) is 8.97. The summed E-state index contributed by atoms with van der Waals surface area (Å²) < 4.78 is 15.0. The Morgan fingerprint density at radius 2 is 1.49 bits per heavy atom. The molecule has 1 amide bonds. The molecule has 1 fully saturated rings. The van der Waals surface area contributed by atoms with Gasteiger partial charge in [0.1, 0.15) is 11.5 Å². The predicted octanol–water partition coefficient (Wildman–Crippen LogP) is 4.99. The summed E-state index contributed by atoms with van der Waals surface area (Å²) in [6.07, 6.45) is 1.69. The Bertz CT molecular complexity index is 1310. The van der Waals surface area contributed by atoms with Crippen LogP contribution in [0.2, 0.25) is 0 Å². The van der Waals surface area contributed by atoms with Crippen molar-refractivity contribution in [3.63, 3.8) is 0 Å². The highest BCUT2D eigenvalue weighted by molar-refractivity contribution is 6.08. The molecule has 4 aromatic rings. The number of hydrogen-bond donors (Lipinski definition) is 1. The number of rotatable bonds is 5. The smallest absolute Gasteiger partial charge is 0.259 e. The van der Waals surface area contributed by atoms with Crippen LogP contribution in [0.5, 0.6) is 0 Å². The SMILES string of the molecule is Cc1ccc(-c2nn(-c3ccc(F)cc3)cc2C(=O)Nc2ccc(N3CCN(C)CC3)cc2)cc1. The lowest BCUT2D eigenvalue weighted by molar-refractivity contribution is 0.102. The van der Waals surface area contributed by atoms with E-state index in [-0.39, 0.29) is 11.7 Å². The number of carbonyl (C=O) groups is 1. The molecule has 0 atom stereocenters. The van der Waals surface area contributed by atoms with Gasteiger partial charge in [0, 0.05) is 49.3 Å². The topological polar surface area (TPSA) is 53.4 Å². The number of aromatic nitrogens is 2. The van der Waals surface area contributed by atoms with Gasteiger partial charge in [0.2, 0.25) is 0 Å². The number of anilines is 2. The molecule has 0 unspecified atom stereocenters. The van der Waals surface area contributed by atoms with Crippen LogP contribution < -0.4 is 10.2 Å². The molecule has 7 heteroatoms. The molecule has 2 heterocycles. The second-order valence-corrected chi connectivity index (χ2v) is 8.97. The second kappa shape index (κ2) is 9.72. The lowest BCUT2D eigenvalue weighted by Crippen LogP contribution is -2.44. The average molecular weight is 470 g/mol. The van der Waals surface area contributed by atoms with Crippen LogP contribution in [0.15, 0.2) is 79.0 Å². The summed E-state index contributed by atoms with van der Waals surface area (Å²) in [7, 11) is 2.14. The molecule has 1 aliphatic heterocycles. The standard InChI is InChI=1S/C28H28FN5O/c1-20-3-5-21(6-4-20)27-26(19-34(31-27)25-11-7-22(29)8-12-25)28(35)30-23-9-13-24(14-10-23)33-17-15-32(2)16-18-33/h3-14,19H,15-18H2,1-2H3,(H,30,35). The van der Waals surface area contributed by atoms with Crippen LogP contribution in [-0.4, -0.2) is 53.8 Å². The fourth-order valence-electron chi connectivity index (χ4n) is 4.21. The zero-order valence-corrected chi connectivity index (χ0v) is 19.9. The van der Waals surface area contributed by atoms with E-state index in [2.05, 4.69) is 27.3 Å². The van der Waals surface area contributed by atoms with Crippen molar-refractivity contribution in [2.24, 2.45) is 0 Å². The van der Waals surface area contributed by atoms with Gasteiger partial charge in [0.05, 0.1) is 11.3 Å². The minimum atomic E-state index is -0.322. The van der Waals surface area contributed by atoms with E-state index >= 15 is 0 Å². The number of nitrogens with one attached hydrogen (secondary N) is 1. The van der Waals surface area contributed by atoms with Crippen molar-refractivity contribution < 1.29 is 9.18 Å². The Balaban J connectivity index is 1.41. The monoisotopic (exact) mass is 469 g/mol. The summed E-state index contributed by atoms with van der Waals surface area (Å²) in [6, 6.07) is 21.9. The van der Waals surface area contributed by atoms with Crippen molar-refractivity contribution in [1.29, 1.82) is 0 Å². The van der Waals surface area contributed by atoms with Gasteiger partial charge in [-0.15, -0.1) is 0 Å². The maximum Gasteiger partial charge on any atom is 0.259 e. The number of carbonyl (C=O) groups excluding carboxylic acids is 1. The van der Waals surface area contributed by atoms with E-state index in [9.17, 15) is 9.18 Å². The van der Waals surface area contributed by atoms with Crippen molar-refractivity contribution >= 4 is 17.3 Å². The van der Waals surface area contributed by atoms with Crippen LogP contribution in [-0.2, 0) is 0 Å². The Hall–Kier alpha value is -3.97. The van der Waals surface area contributed by atoms with Crippen molar-refractivity contribution in [3.8, 4) is 16.9 Å². The molecule has 1 aromatic heterocycles. The predicted molar refractivity (Wildman–Crippen MR) is 138 cm³/mol. The van der Waals surface area contributed by atoms with Gasteiger partial charge >= 0.3 is 0 Å². The molecule has 1 saturated heterocycles. The molecule has 35 heavy (non-hydrogen) atoms. The van der Waals surface area contributed by atoms with Crippen LogP contribution >= 0.6 is 0 Å². The van der Waals surface area contributed by atoms with E-state index in [1.54, 1.807) is 23.0 Å². The number of halogens is 1. The summed E-state index contributed by atoms with van der Waals surface area (Å²) >= 11 is 0. The van der Waals surface area contributed by atoms with Crippen LogP contribution in [0, 0.1) is 12.7 Å². The Labute approximate surface area is 204 Å². The zero-order chi connectivity index (χ0) is 24.4. The first-order chi connectivity index (χ1) is 17.0. The van der Waals surface area contributed by atoms with Gasteiger partial charge in [-0.25, -0.2) is 9.07 Å². The number of benzene rings is 3. The van der Waals surface area contributed by atoms with Gasteiger partial charge in [-0.3, -0.25) is 4.79 Å². The van der Waals surface area contributed by atoms with Crippen LogP contribution in [0.3, 0.4) is 0 Å². The van der Waals surface area contributed by atoms with Crippen LogP contribution in [0.25, 0.3) is 16.9 Å². The zero-order valence-electron chi connectivity index (χ0n) is 19.9. The summed E-state index contributed by atoms with van der Waals surface area (Å²) in [6.45, 7) is 6.08. The van der Waals surface area contributed by atoms with Crippen LogP contribution in [0.4, 0.5) is 15.8 Å². The average Bonchev–Trinajstić information content (AvgIpc) is 3.32. The molecule has 6 nitrogen and oxygen atoms in total. The van der Waals surface area contributed by atoms with Gasteiger partial charge in [0.25, 0.3) is 5.91 Å². The van der Waals surface area contributed by atoms with Crippen molar-refractivity contribution in [1.82, 2.24) is 14.7 Å². The van der Waals surface area contributed by atoms with E-state index in [0.29, 0.717) is 16.9 Å². The number of nitrogens with zero attached hydrogens (tertiary/aromatic N) is 4. The van der Waals surface area contributed by atoms with Gasteiger partial charge < -0.3 is 15.1 Å². The molecule has 5 rings (SSSR count). The molecular formula is C28H28FN5O. The molecule has 178 valence electrons. The van der Waals surface area contributed by atoms with E-state index in [4.69, 9.17) is 0 Å². The molecule has 1 aliphatic rings. The largest absolute Gasteiger partial charge is 0.369 e. The third-order valence-corrected chi connectivity index (χ3v) is 6.37. The third-order valence-electron chi connectivity index (χ3n) is 6.37. The minimum Gasteiger partial charge on any atom is -0.369 e. The van der Waals surface area contributed by atoms with Crippen molar-refractivity contribution in [2.75, 3.05) is 43.4 Å². The number of hydrogen-bond acceptors (Lipinski definition) is 4. The summed E-state index contributed by atoms with van der Waals surface area (Å²) in [4.78, 5) is 18.0. The summed E-state index contributed by atoms with van der Waals surface area (Å²) in [5, 5.41) is 7.69. The van der Waals surface area contributed by atoms with E-state index < -0.39 is 0 Å². The lowest BCUT2D eigenvalue weighted by atomic mass is 10.1. The minimum absolute atomic E-state index is 0.249. The summed E-state index contributed by atoms with van der Waals surface area (Å²) in [5.41, 5.74) is 5.53. The third kappa shape index (κ3) is 5.10. The van der Waals surface area contributed by atoms with Crippen LogP contribution in [0.1, 0.15) is 15.9 Å². The maximum absolute atomic E-state index is 13.4. The number of likely N-dealkylation sites (N-methyl/N-ethyl adjacent to an activating group) is 1. The van der Waals surface area contributed by atoms with Crippen molar-refractivity contribution in [3.05, 3.63) is 95.9 Å². The molecule has 0 bridgehead atoms. The number of aryl methyl sites for hydroxylation is 1. The van der Waals surface area contributed by atoms with Crippen molar-refractivity contribution in [2.45, 2.75) is 6.92 Å². The Morgan fingerprint density at radius 3 is 2.14 bits per heavy atom. The summed E-state index contributed by atoms with van der Waals surface area (Å²) in [5.74, 6) is -0.570. The molecule has 0 spiro atoms. The fourth-order valence-corrected chi connectivity index (χ4v) is 4.21. The van der Waals surface area contributed by atoms with Gasteiger partial charge in [-0.2, -0.15) is 5.10 Å². The highest BCUT2D eigenvalue weighted by Gasteiger charge is 2.20. The van der Waals surface area contributed by atoms with E-state index in [0.717, 1.165) is 48.7 Å². The Kier molecular flexibility index (Phi) is 6.33. The molecule has 1 N–H and O–H groups in total. The maximum atomic E-state index is 13.4. The first-order valence-corrected chi connectivity index (χ1v) is 11.7. The first-order valence-electron chi connectivity index (χ1n) is 11.7. The quantitative estimate of drug-likeness (QED) is 0.447. The highest BCUT2D eigenvalue weighted by atomic mass is 19.1. The normalized spacial score (nSPS) is 14.2. The molecule has 0 aliphatic carbocycles. The number of amides is 1. The molecule has 3 aromatic carbocycles. The molecule has 0 radical (unpaired) electrons. The van der Waals surface area contributed by atoms with Gasteiger partial charge in [-0.1, -0.05) is 29.8 Å². The first kappa shape index (κ1) is 22.8. The fraction of sp³-hybridized carbons (Fsp3) is 0.214. The van der Waals surface area contributed by atoms with E-state index in [1.807, 2.05) is 55.5 Å². The van der Waals surface area contributed by atoms with Gasteiger partial charge in [0.15, 0.2) is 0 Å².